The van der Waals surface area contributed by atoms with Crippen LogP contribution in [0.5, 0.6) is 11.5 Å². The van der Waals surface area contributed by atoms with Gasteiger partial charge >= 0.3 is 0 Å². The summed E-state index contributed by atoms with van der Waals surface area (Å²) >= 11 is 0. The van der Waals surface area contributed by atoms with Gasteiger partial charge in [0.25, 0.3) is 5.91 Å². The molecule has 0 spiro atoms. The minimum atomic E-state index is -0.727. The van der Waals surface area contributed by atoms with Crippen LogP contribution >= 0.6 is 0 Å². The lowest BCUT2D eigenvalue weighted by Gasteiger charge is -2.14. The van der Waals surface area contributed by atoms with Crippen molar-refractivity contribution < 1.29 is 13.9 Å². The van der Waals surface area contributed by atoms with E-state index in [1.807, 2.05) is 32.9 Å². The molecule has 2 rings (SSSR count). The number of carbonyl (C=O) groups excluding carboxylic acids is 1. The van der Waals surface area contributed by atoms with Crippen LogP contribution in [0.25, 0.3) is 0 Å². The Kier molecular flexibility index (Phi) is 3.84. The molecule has 4 N–H and O–H groups in total. The van der Waals surface area contributed by atoms with Gasteiger partial charge in [-0.1, -0.05) is 6.07 Å². The van der Waals surface area contributed by atoms with E-state index in [1.165, 1.54) is 6.07 Å². The van der Waals surface area contributed by atoms with E-state index in [4.69, 9.17) is 16.2 Å². The molecule has 0 aliphatic carbocycles. The minimum absolute atomic E-state index is 0.00973. The van der Waals surface area contributed by atoms with Gasteiger partial charge < -0.3 is 16.2 Å². The highest BCUT2D eigenvalue weighted by atomic mass is 19.1. The van der Waals surface area contributed by atoms with E-state index in [2.05, 4.69) is 0 Å². The summed E-state index contributed by atoms with van der Waals surface area (Å²) in [5, 5.41) is 0. The number of nitrogens with two attached hydrogens (primary N) is 2. The molecule has 0 atom stereocenters. The van der Waals surface area contributed by atoms with Gasteiger partial charge in [0.2, 0.25) is 0 Å². The highest BCUT2D eigenvalue weighted by Crippen LogP contribution is 2.32. The smallest absolute Gasteiger partial charge is 0.250 e. The second-order valence-corrected chi connectivity index (χ2v) is 5.04. The lowest BCUT2D eigenvalue weighted by Crippen LogP contribution is -2.14. The number of benzene rings is 2. The Bertz CT molecular complexity index is 727. The number of carbonyl (C=O) groups is 1. The topological polar surface area (TPSA) is 78.3 Å². The fourth-order valence-electron chi connectivity index (χ4n) is 2.09. The zero-order chi connectivity index (χ0) is 15.7. The number of hydrogen-bond donors (Lipinski definition) is 2. The summed E-state index contributed by atoms with van der Waals surface area (Å²) in [5.41, 5.74) is 13.7. The van der Waals surface area contributed by atoms with Gasteiger partial charge in [0.15, 0.2) is 11.6 Å². The number of halogens is 1. The molecule has 0 bridgehead atoms. The Morgan fingerprint density at radius 2 is 1.76 bits per heavy atom. The van der Waals surface area contributed by atoms with Crippen molar-refractivity contribution in [3.8, 4) is 11.5 Å². The van der Waals surface area contributed by atoms with Crippen molar-refractivity contribution in [3.05, 3.63) is 52.3 Å². The maximum absolute atomic E-state index is 14.0. The van der Waals surface area contributed by atoms with Gasteiger partial charge in [-0.15, -0.1) is 0 Å². The van der Waals surface area contributed by atoms with Gasteiger partial charge in [0.1, 0.15) is 5.75 Å². The monoisotopic (exact) mass is 288 g/mol. The number of ether oxygens (including phenoxy) is 1. The van der Waals surface area contributed by atoms with E-state index in [1.54, 1.807) is 0 Å². The fourth-order valence-corrected chi connectivity index (χ4v) is 2.09. The highest BCUT2D eigenvalue weighted by Gasteiger charge is 2.15. The third kappa shape index (κ3) is 2.97. The third-order valence-corrected chi connectivity index (χ3v) is 3.35. The average molecular weight is 288 g/mol. The number of anilines is 1. The molecule has 2 aromatic carbocycles. The Balaban J connectivity index is 2.49. The molecule has 0 unspecified atom stereocenters. The summed E-state index contributed by atoms with van der Waals surface area (Å²) in [6.07, 6.45) is 0. The van der Waals surface area contributed by atoms with E-state index in [9.17, 15) is 9.18 Å². The van der Waals surface area contributed by atoms with Crippen LogP contribution in [0.1, 0.15) is 27.0 Å². The molecular weight excluding hydrogens is 271 g/mol. The predicted octanol–water partition coefficient (Wildman–Crippen LogP) is 3.22. The van der Waals surface area contributed by atoms with Crippen molar-refractivity contribution in [1.29, 1.82) is 0 Å². The van der Waals surface area contributed by atoms with Gasteiger partial charge in [-0.05, 0) is 49.6 Å². The number of nitrogen functional groups attached to an aromatic ring is 1. The maximum Gasteiger partial charge on any atom is 0.250 e. The molecule has 0 radical (unpaired) electrons. The molecule has 0 saturated heterocycles. The van der Waals surface area contributed by atoms with Crippen LogP contribution in [0.4, 0.5) is 10.1 Å². The Hall–Kier alpha value is -2.56. The molecule has 0 fully saturated rings. The second-order valence-electron chi connectivity index (χ2n) is 5.04. The van der Waals surface area contributed by atoms with Crippen molar-refractivity contribution in [2.75, 3.05) is 5.73 Å². The fraction of sp³-hybridized carbons (Fsp3) is 0.188. The quantitative estimate of drug-likeness (QED) is 0.851. The molecule has 5 heteroatoms. The first-order valence-electron chi connectivity index (χ1n) is 6.44. The minimum Gasteiger partial charge on any atom is -0.454 e. The van der Waals surface area contributed by atoms with Crippen LogP contribution in [-0.2, 0) is 0 Å². The lowest BCUT2D eigenvalue weighted by molar-refractivity contribution is 0.100. The number of hydrogen-bond acceptors (Lipinski definition) is 3. The van der Waals surface area contributed by atoms with Gasteiger partial charge in [-0.3, -0.25) is 4.79 Å². The van der Waals surface area contributed by atoms with Crippen LogP contribution < -0.4 is 16.2 Å². The van der Waals surface area contributed by atoms with E-state index in [0.717, 1.165) is 22.8 Å². The molecule has 110 valence electrons. The molecule has 0 heterocycles. The average Bonchev–Trinajstić information content (AvgIpc) is 2.37. The molecule has 21 heavy (non-hydrogen) atoms. The number of rotatable bonds is 3. The van der Waals surface area contributed by atoms with Crippen molar-refractivity contribution in [2.45, 2.75) is 20.8 Å². The largest absolute Gasteiger partial charge is 0.454 e. The summed E-state index contributed by atoms with van der Waals surface area (Å²) in [4.78, 5) is 11.3. The summed E-state index contributed by atoms with van der Waals surface area (Å²) in [5.74, 6) is -0.914. The van der Waals surface area contributed by atoms with E-state index in [-0.39, 0.29) is 17.0 Å². The summed E-state index contributed by atoms with van der Waals surface area (Å²) < 4.78 is 19.6. The summed E-state index contributed by atoms with van der Waals surface area (Å²) in [7, 11) is 0. The second kappa shape index (κ2) is 5.44. The standard InChI is InChI=1S/C16H17FN2O2/c1-8-4-9(2)10(3)14(5-8)21-15-6-11(16(19)20)13(18)7-12(15)17/h4-7H,18H2,1-3H3,(H2,19,20). The van der Waals surface area contributed by atoms with Crippen LogP contribution in [0.15, 0.2) is 24.3 Å². The molecule has 1 amide bonds. The SMILES string of the molecule is Cc1cc(C)c(C)c(Oc2cc(C(N)=O)c(N)cc2F)c1. The van der Waals surface area contributed by atoms with Crippen molar-refractivity contribution >= 4 is 11.6 Å². The molecule has 2 aromatic rings. The highest BCUT2D eigenvalue weighted by molar-refractivity contribution is 5.98. The van der Waals surface area contributed by atoms with Crippen molar-refractivity contribution in [2.24, 2.45) is 5.73 Å². The number of amides is 1. The zero-order valence-electron chi connectivity index (χ0n) is 12.2. The summed E-state index contributed by atoms with van der Waals surface area (Å²) in [6, 6.07) is 6.08. The van der Waals surface area contributed by atoms with Gasteiger partial charge in [0.05, 0.1) is 5.56 Å². The first kappa shape index (κ1) is 14.8. The molecule has 0 aromatic heterocycles. The number of aryl methyl sites for hydroxylation is 2. The lowest BCUT2D eigenvalue weighted by atomic mass is 10.1. The molecular formula is C16H17FN2O2. The molecule has 4 nitrogen and oxygen atoms in total. The van der Waals surface area contributed by atoms with E-state index in [0.29, 0.717) is 5.75 Å². The predicted molar refractivity (Wildman–Crippen MR) is 80.1 cm³/mol. The maximum atomic E-state index is 14.0. The molecule has 0 aliphatic heterocycles. The van der Waals surface area contributed by atoms with E-state index < -0.39 is 11.7 Å². The zero-order valence-corrected chi connectivity index (χ0v) is 12.2. The Morgan fingerprint density at radius 3 is 2.38 bits per heavy atom. The van der Waals surface area contributed by atoms with Gasteiger partial charge in [-0.2, -0.15) is 0 Å². The van der Waals surface area contributed by atoms with Crippen LogP contribution in [0.2, 0.25) is 0 Å². The van der Waals surface area contributed by atoms with Crippen LogP contribution in [0.3, 0.4) is 0 Å². The van der Waals surface area contributed by atoms with Crippen LogP contribution in [0, 0.1) is 26.6 Å². The Morgan fingerprint density at radius 1 is 1.10 bits per heavy atom. The first-order chi connectivity index (χ1) is 9.79. The van der Waals surface area contributed by atoms with Crippen molar-refractivity contribution in [1.82, 2.24) is 0 Å². The van der Waals surface area contributed by atoms with E-state index >= 15 is 0 Å². The van der Waals surface area contributed by atoms with Crippen LogP contribution in [-0.4, -0.2) is 5.91 Å². The molecule has 0 aliphatic rings. The molecule has 0 saturated carbocycles. The number of primary amides is 1. The first-order valence-corrected chi connectivity index (χ1v) is 6.44. The van der Waals surface area contributed by atoms with Crippen molar-refractivity contribution in [3.63, 3.8) is 0 Å². The van der Waals surface area contributed by atoms with Gasteiger partial charge in [-0.25, -0.2) is 4.39 Å². The van der Waals surface area contributed by atoms with Gasteiger partial charge in [0, 0.05) is 11.8 Å². The normalized spacial score (nSPS) is 10.5. The summed E-state index contributed by atoms with van der Waals surface area (Å²) in [6.45, 7) is 5.76. The third-order valence-electron chi connectivity index (χ3n) is 3.35. The Labute approximate surface area is 122 Å².